The average molecular weight is 292 g/mol. The van der Waals surface area contributed by atoms with Crippen molar-refractivity contribution in [2.75, 3.05) is 32.1 Å². The topological polar surface area (TPSA) is 68.2 Å². The van der Waals surface area contributed by atoms with Crippen molar-refractivity contribution in [3.63, 3.8) is 0 Å². The Morgan fingerprint density at radius 1 is 1.62 bits per heavy atom. The van der Waals surface area contributed by atoms with Crippen LogP contribution in [0.25, 0.3) is 0 Å². The minimum absolute atomic E-state index is 0.134. The van der Waals surface area contributed by atoms with Gasteiger partial charge in [-0.15, -0.1) is 0 Å². The van der Waals surface area contributed by atoms with Gasteiger partial charge in [-0.05, 0) is 25.3 Å². The van der Waals surface area contributed by atoms with Crippen LogP contribution in [0, 0.1) is 11.3 Å². The lowest BCUT2D eigenvalue weighted by molar-refractivity contribution is -0.128. The number of anilines is 1. The molecule has 1 amide bonds. The Balaban J connectivity index is 1.66. The van der Waals surface area contributed by atoms with E-state index in [0.29, 0.717) is 24.9 Å². The lowest BCUT2D eigenvalue weighted by Crippen LogP contribution is -2.44. The number of nitrogens with one attached hydrogen (secondary N) is 2. The SMILES string of the molecule is COCCn1ccc(NC(=O)[C@@]23CCCC[C@H]2CNC3)n1. The molecule has 1 saturated carbocycles. The minimum atomic E-state index is -0.228. The number of fused-ring (bicyclic) bond motifs is 1. The second kappa shape index (κ2) is 6.15. The molecule has 1 aliphatic carbocycles. The molecule has 1 saturated heterocycles. The number of carbonyl (C=O) groups excluding carboxylic acids is 1. The first-order chi connectivity index (χ1) is 10.2. The molecule has 2 fully saturated rings. The third-order valence-electron chi connectivity index (χ3n) is 4.90. The number of carbonyl (C=O) groups is 1. The van der Waals surface area contributed by atoms with Crippen LogP contribution in [0.5, 0.6) is 0 Å². The fourth-order valence-electron chi connectivity index (χ4n) is 3.67. The maximum Gasteiger partial charge on any atom is 0.233 e. The Kier molecular flexibility index (Phi) is 4.26. The summed E-state index contributed by atoms with van der Waals surface area (Å²) >= 11 is 0. The highest BCUT2D eigenvalue weighted by Crippen LogP contribution is 2.44. The number of methoxy groups -OCH3 is 1. The Hall–Kier alpha value is -1.40. The predicted octanol–water partition coefficient (Wildman–Crippen LogP) is 1.25. The zero-order valence-electron chi connectivity index (χ0n) is 12.6. The van der Waals surface area contributed by atoms with E-state index in [1.165, 1.54) is 6.42 Å². The minimum Gasteiger partial charge on any atom is -0.383 e. The van der Waals surface area contributed by atoms with E-state index in [0.717, 1.165) is 32.4 Å². The van der Waals surface area contributed by atoms with Crippen LogP contribution in [-0.2, 0) is 16.1 Å². The Morgan fingerprint density at radius 2 is 2.52 bits per heavy atom. The molecule has 0 aromatic carbocycles. The molecule has 1 aromatic rings. The summed E-state index contributed by atoms with van der Waals surface area (Å²) in [5.41, 5.74) is -0.228. The maximum absolute atomic E-state index is 12.8. The van der Waals surface area contributed by atoms with Crippen LogP contribution in [0.2, 0.25) is 0 Å². The molecule has 2 heterocycles. The van der Waals surface area contributed by atoms with Gasteiger partial charge in [-0.25, -0.2) is 0 Å². The Morgan fingerprint density at radius 3 is 3.38 bits per heavy atom. The van der Waals surface area contributed by atoms with E-state index in [9.17, 15) is 4.79 Å². The van der Waals surface area contributed by atoms with Crippen molar-refractivity contribution in [2.24, 2.45) is 11.3 Å². The molecule has 116 valence electrons. The molecule has 2 N–H and O–H groups in total. The van der Waals surface area contributed by atoms with E-state index >= 15 is 0 Å². The summed E-state index contributed by atoms with van der Waals surface area (Å²) in [7, 11) is 1.67. The maximum atomic E-state index is 12.8. The van der Waals surface area contributed by atoms with E-state index < -0.39 is 0 Å². The molecule has 1 aliphatic heterocycles. The van der Waals surface area contributed by atoms with Crippen LogP contribution in [0.3, 0.4) is 0 Å². The summed E-state index contributed by atoms with van der Waals surface area (Å²) in [6, 6.07) is 1.85. The standard InChI is InChI=1S/C15H24N4O2/c1-21-9-8-19-7-5-13(18-19)17-14(20)15-6-3-2-4-12(15)10-16-11-15/h5,7,12,16H,2-4,6,8-11H2,1H3,(H,17,18,20)/t12-,15+/m0/s1. The molecule has 6 heteroatoms. The van der Waals surface area contributed by atoms with E-state index in [1.807, 2.05) is 12.3 Å². The third-order valence-corrected chi connectivity index (χ3v) is 4.90. The molecule has 21 heavy (non-hydrogen) atoms. The average Bonchev–Trinajstić information content (AvgIpc) is 3.12. The Bertz CT molecular complexity index is 502. The summed E-state index contributed by atoms with van der Waals surface area (Å²) in [4.78, 5) is 12.8. The molecular formula is C15H24N4O2. The molecule has 0 unspecified atom stereocenters. The van der Waals surface area contributed by atoms with E-state index in [4.69, 9.17) is 4.74 Å². The molecule has 0 bridgehead atoms. The smallest absolute Gasteiger partial charge is 0.233 e. The Labute approximate surface area is 125 Å². The highest BCUT2D eigenvalue weighted by molar-refractivity contribution is 5.95. The number of ether oxygens (including phenoxy) is 1. The van der Waals surface area contributed by atoms with Gasteiger partial charge in [0.2, 0.25) is 5.91 Å². The van der Waals surface area contributed by atoms with Gasteiger partial charge in [-0.2, -0.15) is 5.10 Å². The summed E-state index contributed by atoms with van der Waals surface area (Å²) in [5.74, 6) is 1.25. The van der Waals surface area contributed by atoms with Crippen LogP contribution in [0.4, 0.5) is 5.82 Å². The van der Waals surface area contributed by atoms with Gasteiger partial charge in [0.05, 0.1) is 18.6 Å². The molecule has 3 rings (SSSR count). The number of amides is 1. The highest BCUT2D eigenvalue weighted by atomic mass is 16.5. The summed E-state index contributed by atoms with van der Waals surface area (Å²) in [6.07, 6.45) is 6.40. The van der Waals surface area contributed by atoms with Crippen molar-refractivity contribution in [2.45, 2.75) is 32.2 Å². The van der Waals surface area contributed by atoms with Gasteiger partial charge in [0.1, 0.15) is 0 Å². The zero-order valence-corrected chi connectivity index (χ0v) is 12.6. The fourth-order valence-corrected chi connectivity index (χ4v) is 3.67. The monoisotopic (exact) mass is 292 g/mol. The van der Waals surface area contributed by atoms with Gasteiger partial charge in [0.25, 0.3) is 0 Å². The normalized spacial score (nSPS) is 28.3. The second-order valence-corrected chi connectivity index (χ2v) is 6.14. The molecule has 2 atom stereocenters. The van der Waals surface area contributed by atoms with Crippen molar-refractivity contribution in [3.05, 3.63) is 12.3 Å². The fraction of sp³-hybridized carbons (Fsp3) is 0.733. The zero-order chi connectivity index (χ0) is 14.7. The number of hydrogen-bond donors (Lipinski definition) is 2. The van der Waals surface area contributed by atoms with Gasteiger partial charge in [-0.1, -0.05) is 12.8 Å². The van der Waals surface area contributed by atoms with Gasteiger partial charge in [0, 0.05) is 25.9 Å². The molecule has 0 radical (unpaired) electrons. The quantitative estimate of drug-likeness (QED) is 0.857. The first-order valence-corrected chi connectivity index (χ1v) is 7.79. The van der Waals surface area contributed by atoms with E-state index in [2.05, 4.69) is 15.7 Å². The lowest BCUT2D eigenvalue weighted by atomic mass is 9.67. The first-order valence-electron chi connectivity index (χ1n) is 7.79. The molecule has 6 nitrogen and oxygen atoms in total. The van der Waals surface area contributed by atoms with Crippen molar-refractivity contribution < 1.29 is 9.53 Å². The largest absolute Gasteiger partial charge is 0.383 e. The van der Waals surface area contributed by atoms with Crippen LogP contribution in [0.1, 0.15) is 25.7 Å². The van der Waals surface area contributed by atoms with Crippen LogP contribution in [-0.4, -0.2) is 42.5 Å². The lowest BCUT2D eigenvalue weighted by Gasteiger charge is -2.36. The number of nitrogens with zero attached hydrogens (tertiary/aromatic N) is 2. The second-order valence-electron chi connectivity index (χ2n) is 6.14. The van der Waals surface area contributed by atoms with Gasteiger partial charge < -0.3 is 15.4 Å². The van der Waals surface area contributed by atoms with Gasteiger partial charge >= 0.3 is 0 Å². The van der Waals surface area contributed by atoms with Crippen LogP contribution >= 0.6 is 0 Å². The summed E-state index contributed by atoms with van der Waals surface area (Å²) < 4.78 is 6.82. The number of aromatic nitrogens is 2. The number of hydrogen-bond acceptors (Lipinski definition) is 4. The molecular weight excluding hydrogens is 268 g/mol. The summed E-state index contributed by atoms with van der Waals surface area (Å²) in [5, 5.41) is 10.8. The first kappa shape index (κ1) is 14.5. The summed E-state index contributed by atoms with van der Waals surface area (Å²) in [6.45, 7) is 3.08. The molecule has 1 aromatic heterocycles. The van der Waals surface area contributed by atoms with Crippen molar-refractivity contribution in [1.82, 2.24) is 15.1 Å². The van der Waals surface area contributed by atoms with E-state index in [-0.39, 0.29) is 11.3 Å². The van der Waals surface area contributed by atoms with Crippen molar-refractivity contribution in [1.29, 1.82) is 0 Å². The number of rotatable bonds is 5. The van der Waals surface area contributed by atoms with Crippen molar-refractivity contribution >= 4 is 11.7 Å². The van der Waals surface area contributed by atoms with E-state index in [1.54, 1.807) is 11.8 Å². The third kappa shape index (κ3) is 2.82. The van der Waals surface area contributed by atoms with Crippen molar-refractivity contribution in [3.8, 4) is 0 Å². The van der Waals surface area contributed by atoms with Crippen LogP contribution in [0.15, 0.2) is 12.3 Å². The van der Waals surface area contributed by atoms with Gasteiger partial charge in [-0.3, -0.25) is 9.48 Å². The molecule has 2 aliphatic rings. The molecule has 0 spiro atoms. The van der Waals surface area contributed by atoms with Gasteiger partial charge in [0.15, 0.2) is 5.82 Å². The highest BCUT2D eigenvalue weighted by Gasteiger charge is 2.49. The predicted molar refractivity (Wildman–Crippen MR) is 80.0 cm³/mol. The van der Waals surface area contributed by atoms with Crippen LogP contribution < -0.4 is 10.6 Å².